The molecule has 1 amide bonds. The summed E-state index contributed by atoms with van der Waals surface area (Å²) in [5.74, 6) is -1.12. The molecule has 0 saturated carbocycles. The molecular formula is C17H25FN2O3. The lowest BCUT2D eigenvalue weighted by molar-refractivity contribution is -0.154. The first kappa shape index (κ1) is 19.1. The molecule has 1 aromatic rings. The molecular weight excluding hydrogens is 299 g/mol. The summed E-state index contributed by atoms with van der Waals surface area (Å²) in [6, 6.07) is 0.539. The smallest absolute Gasteiger partial charge is 0.329 e. The standard InChI is InChI=1S/C17H25FN2O3/c1-10(2)6-15(21)20-16(11(3)4)17(22)23-12(5)13-7-14(18)9-19-8-13/h7-12,16H,6H2,1-5H3,(H,20,21). The van der Waals surface area contributed by atoms with Gasteiger partial charge in [-0.15, -0.1) is 0 Å². The average molecular weight is 324 g/mol. The third kappa shape index (κ3) is 6.34. The number of nitrogens with zero attached hydrogens (tertiary/aromatic N) is 1. The molecule has 0 bridgehead atoms. The van der Waals surface area contributed by atoms with E-state index in [-0.39, 0.29) is 17.7 Å². The van der Waals surface area contributed by atoms with Crippen LogP contribution in [0.2, 0.25) is 0 Å². The van der Waals surface area contributed by atoms with Crippen molar-refractivity contribution in [2.24, 2.45) is 11.8 Å². The summed E-state index contributed by atoms with van der Waals surface area (Å²) in [7, 11) is 0. The van der Waals surface area contributed by atoms with Crippen LogP contribution in [-0.2, 0) is 14.3 Å². The van der Waals surface area contributed by atoms with Crippen molar-refractivity contribution in [3.8, 4) is 0 Å². The van der Waals surface area contributed by atoms with Gasteiger partial charge in [0.1, 0.15) is 18.0 Å². The molecule has 2 unspecified atom stereocenters. The van der Waals surface area contributed by atoms with E-state index in [1.54, 1.807) is 6.92 Å². The van der Waals surface area contributed by atoms with Gasteiger partial charge in [-0.05, 0) is 24.8 Å². The van der Waals surface area contributed by atoms with E-state index in [4.69, 9.17) is 4.74 Å². The molecule has 0 fully saturated rings. The molecule has 6 heteroatoms. The van der Waals surface area contributed by atoms with Crippen molar-refractivity contribution < 1.29 is 18.7 Å². The topological polar surface area (TPSA) is 68.3 Å². The third-order valence-electron chi connectivity index (χ3n) is 3.32. The van der Waals surface area contributed by atoms with Gasteiger partial charge in [-0.3, -0.25) is 9.78 Å². The number of rotatable bonds is 7. The van der Waals surface area contributed by atoms with Crippen LogP contribution in [0.25, 0.3) is 0 Å². The highest BCUT2D eigenvalue weighted by molar-refractivity contribution is 5.84. The lowest BCUT2D eigenvalue weighted by atomic mass is 10.0. The van der Waals surface area contributed by atoms with Crippen molar-refractivity contribution >= 4 is 11.9 Å². The SMILES string of the molecule is CC(C)CC(=O)NC(C(=O)OC(C)c1cncc(F)c1)C(C)C. The second-order valence-electron chi connectivity index (χ2n) is 6.40. The number of pyridine rings is 1. The number of aromatic nitrogens is 1. The Labute approximate surface area is 136 Å². The maximum Gasteiger partial charge on any atom is 0.329 e. The quantitative estimate of drug-likeness (QED) is 0.783. The number of ether oxygens (including phenoxy) is 1. The van der Waals surface area contributed by atoms with E-state index < -0.39 is 23.9 Å². The van der Waals surface area contributed by atoms with E-state index in [1.807, 2.05) is 27.7 Å². The maximum absolute atomic E-state index is 13.2. The highest BCUT2D eigenvalue weighted by Gasteiger charge is 2.27. The number of nitrogens with one attached hydrogen (secondary N) is 1. The Bertz CT molecular complexity index is 546. The number of esters is 1. The molecule has 0 aliphatic heterocycles. The Balaban J connectivity index is 2.72. The Morgan fingerprint density at radius 2 is 1.87 bits per heavy atom. The number of hydrogen-bond acceptors (Lipinski definition) is 4. The van der Waals surface area contributed by atoms with Gasteiger partial charge >= 0.3 is 5.97 Å². The van der Waals surface area contributed by atoms with Gasteiger partial charge in [-0.25, -0.2) is 9.18 Å². The fraction of sp³-hybridized carbons (Fsp3) is 0.588. The average Bonchev–Trinajstić information content (AvgIpc) is 2.43. The summed E-state index contributed by atoms with van der Waals surface area (Å²) in [4.78, 5) is 28.0. The van der Waals surface area contributed by atoms with E-state index in [9.17, 15) is 14.0 Å². The summed E-state index contributed by atoms with van der Waals surface area (Å²) in [6.07, 6.45) is 2.23. The zero-order valence-electron chi connectivity index (χ0n) is 14.3. The zero-order chi connectivity index (χ0) is 17.6. The zero-order valence-corrected chi connectivity index (χ0v) is 14.3. The number of hydrogen-bond donors (Lipinski definition) is 1. The second kappa shape index (κ2) is 8.60. The number of halogens is 1. The molecule has 0 spiro atoms. The molecule has 2 atom stereocenters. The van der Waals surface area contributed by atoms with Crippen molar-refractivity contribution in [1.82, 2.24) is 10.3 Å². The highest BCUT2D eigenvalue weighted by Crippen LogP contribution is 2.18. The Kier molecular flexibility index (Phi) is 7.13. The molecule has 5 nitrogen and oxygen atoms in total. The van der Waals surface area contributed by atoms with E-state index in [2.05, 4.69) is 10.3 Å². The van der Waals surface area contributed by atoms with Crippen molar-refractivity contribution in [3.05, 3.63) is 29.8 Å². The van der Waals surface area contributed by atoms with Crippen molar-refractivity contribution in [1.29, 1.82) is 0 Å². The van der Waals surface area contributed by atoms with Gasteiger partial charge in [-0.1, -0.05) is 27.7 Å². The molecule has 0 aliphatic carbocycles. The second-order valence-corrected chi connectivity index (χ2v) is 6.40. The van der Waals surface area contributed by atoms with Crippen LogP contribution in [0.5, 0.6) is 0 Å². The Morgan fingerprint density at radius 3 is 2.39 bits per heavy atom. The predicted octanol–water partition coefficient (Wildman–Crippen LogP) is 3.01. The van der Waals surface area contributed by atoms with E-state index >= 15 is 0 Å². The molecule has 1 N–H and O–H groups in total. The monoisotopic (exact) mass is 324 g/mol. The van der Waals surface area contributed by atoms with Gasteiger partial charge < -0.3 is 10.1 Å². The first-order chi connectivity index (χ1) is 10.7. The fourth-order valence-corrected chi connectivity index (χ4v) is 2.07. The number of carbonyl (C=O) groups excluding carboxylic acids is 2. The van der Waals surface area contributed by atoms with Gasteiger partial charge in [0.15, 0.2) is 0 Å². The minimum absolute atomic E-state index is 0.114. The van der Waals surface area contributed by atoms with E-state index in [1.165, 1.54) is 12.3 Å². The van der Waals surface area contributed by atoms with Gasteiger partial charge in [0.2, 0.25) is 5.91 Å². The first-order valence-corrected chi connectivity index (χ1v) is 7.81. The van der Waals surface area contributed by atoms with Gasteiger partial charge in [0.05, 0.1) is 6.20 Å². The third-order valence-corrected chi connectivity index (χ3v) is 3.32. The van der Waals surface area contributed by atoms with E-state index in [0.717, 1.165) is 6.20 Å². The lowest BCUT2D eigenvalue weighted by Gasteiger charge is -2.23. The Hall–Kier alpha value is -1.98. The normalized spacial score (nSPS) is 13.7. The van der Waals surface area contributed by atoms with Crippen LogP contribution in [0, 0.1) is 17.7 Å². The van der Waals surface area contributed by atoms with Gasteiger partial charge in [0.25, 0.3) is 0 Å². The van der Waals surface area contributed by atoms with Crippen LogP contribution in [0.15, 0.2) is 18.5 Å². The molecule has 0 aliphatic rings. The number of amides is 1. The van der Waals surface area contributed by atoms with Crippen molar-refractivity contribution in [2.75, 3.05) is 0 Å². The molecule has 1 heterocycles. The molecule has 0 radical (unpaired) electrons. The summed E-state index contributed by atoms with van der Waals surface area (Å²) in [5.41, 5.74) is 0.467. The van der Waals surface area contributed by atoms with Crippen LogP contribution in [0.3, 0.4) is 0 Å². The number of carbonyl (C=O) groups is 2. The Morgan fingerprint density at radius 1 is 1.22 bits per heavy atom. The lowest BCUT2D eigenvalue weighted by Crippen LogP contribution is -2.45. The molecule has 1 aromatic heterocycles. The summed E-state index contributed by atoms with van der Waals surface area (Å²) in [6.45, 7) is 9.16. The van der Waals surface area contributed by atoms with E-state index in [0.29, 0.717) is 12.0 Å². The molecule has 1 rings (SSSR count). The van der Waals surface area contributed by atoms with Crippen LogP contribution in [0.4, 0.5) is 4.39 Å². The minimum atomic E-state index is -0.731. The molecule has 0 saturated heterocycles. The van der Waals surface area contributed by atoms with Crippen molar-refractivity contribution in [3.63, 3.8) is 0 Å². The highest BCUT2D eigenvalue weighted by atomic mass is 19.1. The van der Waals surface area contributed by atoms with Crippen LogP contribution >= 0.6 is 0 Å². The first-order valence-electron chi connectivity index (χ1n) is 7.81. The van der Waals surface area contributed by atoms with Gasteiger partial charge in [0, 0.05) is 18.2 Å². The fourth-order valence-electron chi connectivity index (χ4n) is 2.07. The predicted molar refractivity (Wildman–Crippen MR) is 84.9 cm³/mol. The minimum Gasteiger partial charge on any atom is -0.456 e. The maximum atomic E-state index is 13.2. The van der Waals surface area contributed by atoms with Crippen LogP contribution in [-0.4, -0.2) is 22.9 Å². The summed E-state index contributed by atoms with van der Waals surface area (Å²) in [5, 5.41) is 2.71. The van der Waals surface area contributed by atoms with Crippen LogP contribution in [0.1, 0.15) is 52.7 Å². The summed E-state index contributed by atoms with van der Waals surface area (Å²) >= 11 is 0. The largest absolute Gasteiger partial charge is 0.456 e. The van der Waals surface area contributed by atoms with Gasteiger partial charge in [-0.2, -0.15) is 0 Å². The van der Waals surface area contributed by atoms with Crippen LogP contribution < -0.4 is 5.32 Å². The van der Waals surface area contributed by atoms with Crippen molar-refractivity contribution in [2.45, 2.75) is 53.2 Å². The molecule has 128 valence electrons. The molecule has 0 aromatic carbocycles. The summed E-state index contributed by atoms with van der Waals surface area (Å²) < 4.78 is 18.5. The molecule has 23 heavy (non-hydrogen) atoms.